The molecule has 1 aliphatic rings. The molecule has 1 aliphatic heterocycles. The van der Waals surface area contributed by atoms with Crippen LogP contribution in [0.3, 0.4) is 0 Å². The minimum absolute atomic E-state index is 0.0385. The first-order valence-electron chi connectivity index (χ1n) is 7.87. The molecule has 4 nitrogen and oxygen atoms in total. The highest BCUT2D eigenvalue weighted by Crippen LogP contribution is 2.18. The maximum absolute atomic E-state index is 12.2. The molecule has 0 aromatic heterocycles. The van der Waals surface area contributed by atoms with Crippen molar-refractivity contribution in [1.82, 2.24) is 10.2 Å². The maximum Gasteiger partial charge on any atom is 0.323 e. The standard InChI is InChI=1S/C15H30N2O2/c1-4-8-14(15(18)19-6-3)17(11-5-2)13-9-7-10-16-12-13/h13-14,16H,4-12H2,1-3H3. The first kappa shape index (κ1) is 16.4. The predicted octanol–water partition coefficient (Wildman–Crippen LogP) is 2.18. The molecule has 19 heavy (non-hydrogen) atoms. The Morgan fingerprint density at radius 3 is 2.68 bits per heavy atom. The van der Waals surface area contributed by atoms with Crippen LogP contribution < -0.4 is 5.32 Å². The number of ether oxygens (including phenoxy) is 1. The second kappa shape index (κ2) is 9.32. The number of hydrogen-bond donors (Lipinski definition) is 1. The van der Waals surface area contributed by atoms with Gasteiger partial charge in [-0.25, -0.2) is 0 Å². The number of nitrogens with one attached hydrogen (secondary N) is 1. The molecular formula is C15H30N2O2. The Morgan fingerprint density at radius 2 is 2.16 bits per heavy atom. The van der Waals surface area contributed by atoms with Crippen LogP contribution in [0.1, 0.15) is 52.9 Å². The van der Waals surface area contributed by atoms with Gasteiger partial charge in [0, 0.05) is 12.6 Å². The quantitative estimate of drug-likeness (QED) is 0.686. The second-order valence-corrected chi connectivity index (χ2v) is 5.29. The lowest BCUT2D eigenvalue weighted by molar-refractivity contribution is -0.151. The number of carbonyl (C=O) groups excluding carboxylic acids is 1. The van der Waals surface area contributed by atoms with Crippen LogP contribution in [0.5, 0.6) is 0 Å². The van der Waals surface area contributed by atoms with Crippen molar-refractivity contribution in [2.24, 2.45) is 0 Å². The molecular weight excluding hydrogens is 240 g/mol. The van der Waals surface area contributed by atoms with Crippen molar-refractivity contribution in [3.05, 3.63) is 0 Å². The molecule has 0 aromatic carbocycles. The van der Waals surface area contributed by atoms with E-state index in [-0.39, 0.29) is 12.0 Å². The molecule has 0 spiro atoms. The molecule has 1 rings (SSSR count). The molecule has 2 atom stereocenters. The van der Waals surface area contributed by atoms with E-state index in [9.17, 15) is 4.79 Å². The Balaban J connectivity index is 2.74. The number of nitrogens with zero attached hydrogens (tertiary/aromatic N) is 1. The monoisotopic (exact) mass is 270 g/mol. The van der Waals surface area contributed by atoms with E-state index in [4.69, 9.17) is 4.74 Å². The third kappa shape index (κ3) is 5.11. The Bertz CT molecular complexity index is 253. The largest absolute Gasteiger partial charge is 0.465 e. The molecule has 0 amide bonds. The highest BCUT2D eigenvalue weighted by Gasteiger charge is 2.31. The van der Waals surface area contributed by atoms with E-state index in [1.807, 2.05) is 6.92 Å². The summed E-state index contributed by atoms with van der Waals surface area (Å²) >= 11 is 0. The van der Waals surface area contributed by atoms with Crippen LogP contribution in [0, 0.1) is 0 Å². The number of esters is 1. The van der Waals surface area contributed by atoms with Gasteiger partial charge in [-0.3, -0.25) is 9.69 Å². The Labute approximate surface area is 117 Å². The highest BCUT2D eigenvalue weighted by molar-refractivity contribution is 5.75. The van der Waals surface area contributed by atoms with Crippen molar-refractivity contribution in [3.63, 3.8) is 0 Å². The van der Waals surface area contributed by atoms with Crippen molar-refractivity contribution >= 4 is 5.97 Å². The minimum Gasteiger partial charge on any atom is -0.465 e. The number of carbonyl (C=O) groups is 1. The third-order valence-electron chi connectivity index (χ3n) is 3.74. The van der Waals surface area contributed by atoms with Gasteiger partial charge in [0.15, 0.2) is 0 Å². The van der Waals surface area contributed by atoms with E-state index in [2.05, 4.69) is 24.1 Å². The van der Waals surface area contributed by atoms with Crippen LogP contribution >= 0.6 is 0 Å². The van der Waals surface area contributed by atoms with Crippen LogP contribution in [0.25, 0.3) is 0 Å². The minimum atomic E-state index is -0.0604. The first-order valence-corrected chi connectivity index (χ1v) is 7.87. The van der Waals surface area contributed by atoms with E-state index in [0.29, 0.717) is 12.6 Å². The van der Waals surface area contributed by atoms with Gasteiger partial charge in [-0.05, 0) is 45.7 Å². The normalized spacial score (nSPS) is 21.4. The fourth-order valence-electron chi connectivity index (χ4n) is 2.90. The van der Waals surface area contributed by atoms with Gasteiger partial charge < -0.3 is 10.1 Å². The fraction of sp³-hybridized carbons (Fsp3) is 0.933. The molecule has 0 saturated carbocycles. The van der Waals surface area contributed by atoms with Gasteiger partial charge >= 0.3 is 5.97 Å². The van der Waals surface area contributed by atoms with Gasteiger partial charge in [0.05, 0.1) is 6.61 Å². The molecule has 4 heteroatoms. The topological polar surface area (TPSA) is 41.6 Å². The van der Waals surface area contributed by atoms with Crippen molar-refractivity contribution in [3.8, 4) is 0 Å². The average Bonchev–Trinajstić information content (AvgIpc) is 2.44. The smallest absolute Gasteiger partial charge is 0.323 e. The molecule has 1 N–H and O–H groups in total. The summed E-state index contributed by atoms with van der Waals surface area (Å²) < 4.78 is 5.27. The SMILES string of the molecule is CCCC(C(=O)OCC)N(CCC)C1CCCNC1. The molecule has 0 aromatic rings. The van der Waals surface area contributed by atoms with Crippen molar-refractivity contribution in [2.45, 2.75) is 65.0 Å². The average molecular weight is 270 g/mol. The van der Waals surface area contributed by atoms with Crippen molar-refractivity contribution < 1.29 is 9.53 Å². The lowest BCUT2D eigenvalue weighted by atomic mass is 10.0. The van der Waals surface area contributed by atoms with Crippen molar-refractivity contribution in [2.75, 3.05) is 26.2 Å². The second-order valence-electron chi connectivity index (χ2n) is 5.29. The number of hydrogen-bond acceptors (Lipinski definition) is 4. The molecule has 0 bridgehead atoms. The number of rotatable bonds is 8. The van der Waals surface area contributed by atoms with Crippen LogP contribution in [-0.2, 0) is 9.53 Å². The van der Waals surface area contributed by atoms with Crippen LogP contribution in [0.15, 0.2) is 0 Å². The van der Waals surface area contributed by atoms with Crippen LogP contribution in [0.2, 0.25) is 0 Å². The summed E-state index contributed by atoms with van der Waals surface area (Å²) in [6.45, 7) is 9.76. The zero-order chi connectivity index (χ0) is 14.1. The molecule has 2 unspecified atom stereocenters. The Hall–Kier alpha value is -0.610. The summed E-state index contributed by atoms with van der Waals surface area (Å²) in [6.07, 6.45) is 5.38. The van der Waals surface area contributed by atoms with Gasteiger partial charge in [0.1, 0.15) is 6.04 Å². The Morgan fingerprint density at radius 1 is 1.37 bits per heavy atom. The van der Waals surface area contributed by atoms with E-state index in [1.54, 1.807) is 0 Å². The summed E-state index contributed by atoms with van der Waals surface area (Å²) in [7, 11) is 0. The lowest BCUT2D eigenvalue weighted by Crippen LogP contribution is -2.53. The fourth-order valence-corrected chi connectivity index (χ4v) is 2.90. The molecule has 0 radical (unpaired) electrons. The molecule has 1 saturated heterocycles. The molecule has 112 valence electrons. The van der Waals surface area contributed by atoms with Crippen molar-refractivity contribution in [1.29, 1.82) is 0 Å². The predicted molar refractivity (Wildman–Crippen MR) is 78.2 cm³/mol. The summed E-state index contributed by atoms with van der Waals surface area (Å²) in [5.74, 6) is -0.0385. The van der Waals surface area contributed by atoms with Crippen LogP contribution in [0.4, 0.5) is 0 Å². The lowest BCUT2D eigenvalue weighted by Gasteiger charge is -2.38. The summed E-state index contributed by atoms with van der Waals surface area (Å²) in [4.78, 5) is 14.6. The summed E-state index contributed by atoms with van der Waals surface area (Å²) in [5, 5.41) is 3.45. The summed E-state index contributed by atoms with van der Waals surface area (Å²) in [5.41, 5.74) is 0. The third-order valence-corrected chi connectivity index (χ3v) is 3.74. The number of piperidine rings is 1. The molecule has 0 aliphatic carbocycles. The highest BCUT2D eigenvalue weighted by atomic mass is 16.5. The summed E-state index contributed by atoms with van der Waals surface area (Å²) in [6, 6.07) is 0.421. The van der Waals surface area contributed by atoms with Gasteiger partial charge in [0.2, 0.25) is 0 Å². The zero-order valence-corrected chi connectivity index (χ0v) is 12.8. The Kier molecular flexibility index (Phi) is 8.07. The van der Waals surface area contributed by atoms with Crippen LogP contribution in [-0.4, -0.2) is 49.2 Å². The van der Waals surface area contributed by atoms with Gasteiger partial charge in [-0.15, -0.1) is 0 Å². The van der Waals surface area contributed by atoms with E-state index >= 15 is 0 Å². The van der Waals surface area contributed by atoms with E-state index in [0.717, 1.165) is 38.9 Å². The maximum atomic E-state index is 12.2. The first-order chi connectivity index (χ1) is 9.24. The molecule has 1 fully saturated rings. The van der Waals surface area contributed by atoms with E-state index < -0.39 is 0 Å². The van der Waals surface area contributed by atoms with Gasteiger partial charge in [-0.2, -0.15) is 0 Å². The zero-order valence-electron chi connectivity index (χ0n) is 12.8. The van der Waals surface area contributed by atoms with Gasteiger partial charge in [-0.1, -0.05) is 20.3 Å². The molecule has 1 heterocycles. The van der Waals surface area contributed by atoms with E-state index in [1.165, 1.54) is 12.8 Å². The van der Waals surface area contributed by atoms with Gasteiger partial charge in [0.25, 0.3) is 0 Å².